The molecule has 0 radical (unpaired) electrons. The molecule has 0 aliphatic carbocycles. The predicted molar refractivity (Wildman–Crippen MR) is 46.6 cm³/mol. The lowest BCUT2D eigenvalue weighted by Crippen LogP contribution is -2.16. The fraction of sp³-hybridized carbons (Fsp3) is 0.714. The highest BCUT2D eigenvalue weighted by atomic mass is 32.2. The van der Waals surface area contributed by atoms with Crippen LogP contribution >= 0.6 is 0 Å². The van der Waals surface area contributed by atoms with Gasteiger partial charge in [-0.1, -0.05) is 6.08 Å². The minimum Gasteiger partial charge on any atom is -0.313 e. The van der Waals surface area contributed by atoms with E-state index in [4.69, 9.17) is 0 Å². The fourth-order valence-corrected chi connectivity index (χ4v) is 1.16. The van der Waals surface area contributed by atoms with E-state index in [9.17, 15) is 4.21 Å². The maximum atomic E-state index is 10.5. The van der Waals surface area contributed by atoms with Gasteiger partial charge in [0.25, 0.3) is 0 Å². The molecule has 0 aromatic heterocycles. The number of hydrogen-bond donors (Lipinski definition) is 1. The van der Waals surface area contributed by atoms with Crippen molar-refractivity contribution in [3.63, 3.8) is 0 Å². The molecule has 2 nitrogen and oxygen atoms in total. The average molecular weight is 161 g/mol. The van der Waals surface area contributed by atoms with Crippen molar-refractivity contribution in [1.82, 2.24) is 5.32 Å². The molecular formula is C7H15NOS. The third-order valence-corrected chi connectivity index (χ3v) is 1.94. The predicted octanol–water partition coefficient (Wildman–Crippen LogP) is 0.531. The quantitative estimate of drug-likeness (QED) is 0.455. The van der Waals surface area contributed by atoms with Crippen LogP contribution in [0.2, 0.25) is 0 Å². The largest absolute Gasteiger partial charge is 0.313 e. The van der Waals surface area contributed by atoms with E-state index in [-0.39, 0.29) is 0 Å². The first-order chi connectivity index (χ1) is 4.77. The van der Waals surface area contributed by atoms with E-state index in [0.717, 1.165) is 25.3 Å². The van der Waals surface area contributed by atoms with Crippen molar-refractivity contribution in [3.8, 4) is 0 Å². The number of rotatable bonds is 6. The Morgan fingerprint density at radius 2 is 2.40 bits per heavy atom. The minimum absolute atomic E-state index is 0.637. The Balaban J connectivity index is 2.90. The Morgan fingerprint density at radius 1 is 1.70 bits per heavy atom. The molecule has 0 rings (SSSR count). The van der Waals surface area contributed by atoms with Gasteiger partial charge in [0.15, 0.2) is 0 Å². The highest BCUT2D eigenvalue weighted by Gasteiger charge is 1.89. The van der Waals surface area contributed by atoms with Crippen LogP contribution in [0.25, 0.3) is 0 Å². The lowest BCUT2D eigenvalue weighted by atomic mass is 10.5. The van der Waals surface area contributed by atoms with Gasteiger partial charge in [-0.05, 0) is 13.0 Å². The molecule has 0 amide bonds. The molecule has 0 aliphatic rings. The van der Waals surface area contributed by atoms with E-state index < -0.39 is 10.8 Å². The van der Waals surface area contributed by atoms with E-state index in [1.165, 1.54) is 0 Å². The summed E-state index contributed by atoms with van der Waals surface area (Å²) in [6.45, 7) is 5.35. The highest BCUT2D eigenvalue weighted by Crippen LogP contribution is 1.80. The van der Waals surface area contributed by atoms with Gasteiger partial charge in [-0.2, -0.15) is 0 Å². The molecule has 1 N–H and O–H groups in total. The van der Waals surface area contributed by atoms with Crippen LogP contribution in [0.5, 0.6) is 0 Å². The van der Waals surface area contributed by atoms with Gasteiger partial charge in [0.1, 0.15) is 0 Å². The second-order valence-electron chi connectivity index (χ2n) is 2.12. The van der Waals surface area contributed by atoms with E-state index in [2.05, 4.69) is 11.9 Å². The highest BCUT2D eigenvalue weighted by molar-refractivity contribution is 7.84. The zero-order valence-electron chi connectivity index (χ0n) is 6.43. The third kappa shape index (κ3) is 7.85. The second-order valence-corrected chi connectivity index (χ2v) is 3.68. The molecule has 60 valence electrons. The van der Waals surface area contributed by atoms with Gasteiger partial charge in [-0.25, -0.2) is 0 Å². The molecule has 0 saturated carbocycles. The summed E-state index contributed by atoms with van der Waals surface area (Å²) in [6.07, 6.45) is 4.54. The topological polar surface area (TPSA) is 29.1 Å². The zero-order valence-corrected chi connectivity index (χ0v) is 7.25. The van der Waals surface area contributed by atoms with Crippen LogP contribution in [0.15, 0.2) is 12.7 Å². The van der Waals surface area contributed by atoms with Gasteiger partial charge in [0, 0.05) is 29.4 Å². The molecule has 0 aliphatic heterocycles. The summed E-state index contributed by atoms with van der Waals surface area (Å²) < 4.78 is 10.5. The molecule has 1 atom stereocenters. The van der Waals surface area contributed by atoms with Crippen LogP contribution in [-0.2, 0) is 10.8 Å². The molecule has 0 aromatic carbocycles. The molecule has 1 unspecified atom stereocenters. The van der Waals surface area contributed by atoms with Crippen LogP contribution in [0.4, 0.5) is 0 Å². The van der Waals surface area contributed by atoms with Gasteiger partial charge in [0.05, 0.1) is 0 Å². The van der Waals surface area contributed by atoms with Crippen LogP contribution in [0, 0.1) is 0 Å². The summed E-state index contributed by atoms with van der Waals surface area (Å²) in [7, 11) is -0.637. The SMILES string of the molecule is C=CCNCCCS(C)=O. The molecule has 0 spiro atoms. The van der Waals surface area contributed by atoms with Crippen molar-refractivity contribution in [2.45, 2.75) is 6.42 Å². The van der Waals surface area contributed by atoms with Crippen LogP contribution in [-0.4, -0.2) is 29.3 Å². The van der Waals surface area contributed by atoms with Gasteiger partial charge in [0.2, 0.25) is 0 Å². The first-order valence-electron chi connectivity index (χ1n) is 3.39. The summed E-state index contributed by atoms with van der Waals surface area (Å²) in [5.74, 6) is 0.796. The smallest absolute Gasteiger partial charge is 0.0244 e. The molecule has 0 fully saturated rings. The summed E-state index contributed by atoms with van der Waals surface area (Å²) in [5.41, 5.74) is 0. The van der Waals surface area contributed by atoms with Gasteiger partial charge in [-0.3, -0.25) is 4.21 Å². The third-order valence-electron chi connectivity index (χ3n) is 1.07. The maximum absolute atomic E-state index is 10.5. The Morgan fingerprint density at radius 3 is 2.90 bits per heavy atom. The average Bonchev–Trinajstić information content (AvgIpc) is 1.87. The fourth-order valence-electron chi connectivity index (χ4n) is 0.605. The van der Waals surface area contributed by atoms with Crippen molar-refractivity contribution < 1.29 is 4.21 Å². The van der Waals surface area contributed by atoms with Crippen molar-refractivity contribution in [2.75, 3.05) is 25.1 Å². The van der Waals surface area contributed by atoms with Crippen LogP contribution < -0.4 is 5.32 Å². The van der Waals surface area contributed by atoms with E-state index in [0.29, 0.717) is 0 Å². The first-order valence-corrected chi connectivity index (χ1v) is 5.11. The lowest BCUT2D eigenvalue weighted by Gasteiger charge is -1.98. The maximum Gasteiger partial charge on any atom is 0.0244 e. The zero-order chi connectivity index (χ0) is 7.82. The summed E-state index contributed by atoms with van der Waals surface area (Å²) in [4.78, 5) is 0. The molecule has 0 bridgehead atoms. The van der Waals surface area contributed by atoms with Crippen LogP contribution in [0.1, 0.15) is 6.42 Å². The molecule has 0 saturated heterocycles. The number of nitrogens with one attached hydrogen (secondary N) is 1. The summed E-state index contributed by atoms with van der Waals surface area (Å²) >= 11 is 0. The van der Waals surface area contributed by atoms with E-state index in [1.54, 1.807) is 6.26 Å². The Labute approximate surface area is 65.2 Å². The normalized spacial score (nSPS) is 12.9. The van der Waals surface area contributed by atoms with Crippen molar-refractivity contribution in [2.24, 2.45) is 0 Å². The molecular weight excluding hydrogens is 146 g/mol. The van der Waals surface area contributed by atoms with Crippen molar-refractivity contribution in [3.05, 3.63) is 12.7 Å². The standard InChI is InChI=1S/C7H15NOS/c1-3-5-8-6-4-7-10(2)9/h3,8H,1,4-7H2,2H3. The first kappa shape index (κ1) is 9.85. The Bertz CT molecular complexity index is 114. The molecule has 0 aromatic rings. The molecule has 10 heavy (non-hydrogen) atoms. The van der Waals surface area contributed by atoms with Gasteiger partial charge >= 0.3 is 0 Å². The van der Waals surface area contributed by atoms with Gasteiger partial charge < -0.3 is 5.32 Å². The monoisotopic (exact) mass is 161 g/mol. The number of hydrogen-bond acceptors (Lipinski definition) is 2. The lowest BCUT2D eigenvalue weighted by molar-refractivity contribution is 0.678. The summed E-state index contributed by atoms with van der Waals surface area (Å²) in [6, 6.07) is 0. The van der Waals surface area contributed by atoms with Crippen molar-refractivity contribution in [1.29, 1.82) is 0 Å². The van der Waals surface area contributed by atoms with Gasteiger partial charge in [-0.15, -0.1) is 6.58 Å². The second kappa shape index (κ2) is 6.96. The van der Waals surface area contributed by atoms with E-state index >= 15 is 0 Å². The van der Waals surface area contributed by atoms with E-state index in [1.807, 2.05) is 6.08 Å². The Kier molecular flexibility index (Phi) is 6.86. The molecule has 0 heterocycles. The Hall–Kier alpha value is -0.150. The summed E-state index contributed by atoms with van der Waals surface area (Å²) in [5, 5.41) is 3.14. The minimum atomic E-state index is -0.637. The van der Waals surface area contributed by atoms with Crippen LogP contribution in [0.3, 0.4) is 0 Å². The molecule has 3 heteroatoms. The van der Waals surface area contributed by atoms with Crippen molar-refractivity contribution >= 4 is 10.8 Å².